The summed E-state index contributed by atoms with van der Waals surface area (Å²) in [6, 6.07) is 3.47. The number of hydrogen-bond donors (Lipinski definition) is 0. The van der Waals surface area contributed by atoms with Crippen molar-refractivity contribution in [2.45, 2.75) is 13.0 Å². The third-order valence-electron chi connectivity index (χ3n) is 2.06. The van der Waals surface area contributed by atoms with Crippen LogP contribution in [0.15, 0.2) is 12.1 Å². The largest absolute Gasteiger partial charge is 0.485 e. The van der Waals surface area contributed by atoms with Gasteiger partial charge < -0.3 is 9.47 Å². The fourth-order valence-electron chi connectivity index (χ4n) is 1.28. The van der Waals surface area contributed by atoms with Crippen molar-refractivity contribution >= 4 is 17.9 Å². The lowest BCUT2D eigenvalue weighted by Crippen LogP contribution is -2.30. The zero-order valence-electron chi connectivity index (χ0n) is 7.62. The lowest BCUT2D eigenvalue weighted by Gasteiger charge is -2.23. The van der Waals surface area contributed by atoms with Gasteiger partial charge in [-0.25, -0.2) is 0 Å². The second-order valence-electron chi connectivity index (χ2n) is 3.15. The summed E-state index contributed by atoms with van der Waals surface area (Å²) in [5.74, 6) is 1.17. The van der Waals surface area contributed by atoms with E-state index >= 15 is 0 Å². The molecular weight excluding hydrogens is 204 g/mol. The Bertz CT molecular complexity index is 376. The minimum Gasteiger partial charge on any atom is -0.485 e. The highest BCUT2D eigenvalue weighted by Gasteiger charge is 2.21. The second kappa shape index (κ2) is 3.50. The number of carbonyl (C=O) groups is 1. The van der Waals surface area contributed by atoms with E-state index in [0.29, 0.717) is 16.5 Å². The maximum Gasteiger partial charge on any atom is 0.187 e. The van der Waals surface area contributed by atoms with Crippen molar-refractivity contribution in [1.82, 2.24) is 0 Å². The number of halogens is 1. The van der Waals surface area contributed by atoms with Crippen LogP contribution in [0.1, 0.15) is 5.56 Å². The molecule has 1 unspecified atom stereocenters. The number of aldehydes is 1. The Hall–Kier alpha value is -1.22. The normalized spacial score (nSPS) is 19.1. The molecule has 0 bridgehead atoms. The van der Waals surface area contributed by atoms with Crippen LogP contribution in [0.25, 0.3) is 0 Å². The molecule has 1 aromatic carbocycles. The summed E-state index contributed by atoms with van der Waals surface area (Å²) >= 11 is 5.91. The number of benzene rings is 1. The van der Waals surface area contributed by atoms with Gasteiger partial charge in [0.2, 0.25) is 0 Å². The van der Waals surface area contributed by atoms with Crippen molar-refractivity contribution in [3.8, 4) is 11.5 Å². The van der Waals surface area contributed by atoms with Crippen LogP contribution in [0.2, 0.25) is 5.02 Å². The molecule has 4 heteroatoms. The Labute approximate surface area is 86.6 Å². The molecule has 0 N–H and O–H groups in total. The maximum absolute atomic E-state index is 10.5. The van der Waals surface area contributed by atoms with E-state index in [-0.39, 0.29) is 6.61 Å². The molecule has 1 aliphatic rings. The van der Waals surface area contributed by atoms with Crippen LogP contribution in [-0.4, -0.2) is 19.0 Å². The number of hydrogen-bond acceptors (Lipinski definition) is 3. The van der Waals surface area contributed by atoms with Gasteiger partial charge in [-0.05, 0) is 18.6 Å². The summed E-state index contributed by atoms with van der Waals surface area (Å²) < 4.78 is 10.7. The topological polar surface area (TPSA) is 35.5 Å². The molecule has 1 atom stereocenters. The molecular formula is C10H9ClO3. The first-order valence-electron chi connectivity index (χ1n) is 4.25. The fraction of sp³-hybridized carbons (Fsp3) is 0.300. The van der Waals surface area contributed by atoms with Gasteiger partial charge in [-0.1, -0.05) is 11.6 Å². The summed E-state index contributed by atoms with van der Waals surface area (Å²) in [5, 5.41) is 0.610. The number of aryl methyl sites for hydroxylation is 1. The van der Waals surface area contributed by atoms with Crippen LogP contribution in [0.3, 0.4) is 0 Å². The standard InChI is InChI=1S/C10H9ClO3/c1-6-2-9-10(3-8(6)11)14-7(4-12)5-13-9/h2-4,7H,5H2,1H3. The predicted molar refractivity (Wildman–Crippen MR) is 52.2 cm³/mol. The molecule has 0 saturated carbocycles. The molecule has 74 valence electrons. The van der Waals surface area contributed by atoms with Crippen LogP contribution >= 0.6 is 11.6 Å². The Morgan fingerprint density at radius 1 is 1.50 bits per heavy atom. The van der Waals surface area contributed by atoms with Crippen LogP contribution in [0.4, 0.5) is 0 Å². The molecule has 0 fully saturated rings. The van der Waals surface area contributed by atoms with E-state index < -0.39 is 6.10 Å². The summed E-state index contributed by atoms with van der Waals surface area (Å²) in [7, 11) is 0. The predicted octanol–water partition coefficient (Wildman–Crippen LogP) is 1.99. The highest BCUT2D eigenvalue weighted by atomic mass is 35.5. The first-order valence-corrected chi connectivity index (χ1v) is 4.63. The molecule has 0 radical (unpaired) electrons. The second-order valence-corrected chi connectivity index (χ2v) is 3.56. The lowest BCUT2D eigenvalue weighted by molar-refractivity contribution is -0.115. The van der Waals surface area contributed by atoms with Gasteiger partial charge in [0, 0.05) is 11.1 Å². The third-order valence-corrected chi connectivity index (χ3v) is 2.47. The molecule has 2 rings (SSSR count). The van der Waals surface area contributed by atoms with E-state index in [4.69, 9.17) is 21.1 Å². The van der Waals surface area contributed by atoms with Crippen molar-refractivity contribution in [2.24, 2.45) is 0 Å². The molecule has 0 saturated heterocycles. The van der Waals surface area contributed by atoms with Gasteiger partial charge in [0.05, 0.1) is 0 Å². The molecule has 0 aliphatic carbocycles. The molecule has 1 aliphatic heterocycles. The molecule has 3 nitrogen and oxygen atoms in total. The van der Waals surface area contributed by atoms with E-state index in [2.05, 4.69) is 0 Å². The Morgan fingerprint density at radius 2 is 2.29 bits per heavy atom. The Kier molecular flexibility index (Phi) is 2.33. The number of rotatable bonds is 1. The minimum absolute atomic E-state index is 0.261. The Balaban J connectivity index is 2.38. The molecule has 1 aromatic rings. The van der Waals surface area contributed by atoms with Crippen LogP contribution in [0.5, 0.6) is 11.5 Å². The van der Waals surface area contributed by atoms with Gasteiger partial charge in [-0.3, -0.25) is 4.79 Å². The van der Waals surface area contributed by atoms with E-state index in [1.807, 2.05) is 6.92 Å². The SMILES string of the molecule is Cc1cc2c(cc1Cl)OC(C=O)CO2. The zero-order chi connectivity index (χ0) is 10.1. The van der Waals surface area contributed by atoms with Crippen LogP contribution < -0.4 is 9.47 Å². The monoisotopic (exact) mass is 212 g/mol. The van der Waals surface area contributed by atoms with Gasteiger partial charge in [0.25, 0.3) is 0 Å². The Morgan fingerprint density at radius 3 is 3.00 bits per heavy atom. The zero-order valence-corrected chi connectivity index (χ0v) is 8.38. The number of carbonyl (C=O) groups excluding carboxylic acids is 1. The fourth-order valence-corrected chi connectivity index (χ4v) is 1.43. The molecule has 0 aromatic heterocycles. The molecule has 0 spiro atoms. The van der Waals surface area contributed by atoms with Gasteiger partial charge >= 0.3 is 0 Å². The van der Waals surface area contributed by atoms with Crippen molar-refractivity contribution < 1.29 is 14.3 Å². The minimum atomic E-state index is -0.527. The summed E-state index contributed by atoms with van der Waals surface area (Å²) in [6.45, 7) is 2.15. The number of fused-ring (bicyclic) bond motifs is 1. The van der Waals surface area contributed by atoms with Gasteiger partial charge in [0.1, 0.15) is 6.61 Å². The third kappa shape index (κ3) is 1.55. The average Bonchev–Trinajstić information content (AvgIpc) is 2.19. The van der Waals surface area contributed by atoms with E-state index in [0.717, 1.165) is 11.8 Å². The van der Waals surface area contributed by atoms with Crippen LogP contribution in [-0.2, 0) is 4.79 Å². The molecule has 1 heterocycles. The highest BCUT2D eigenvalue weighted by molar-refractivity contribution is 6.31. The van der Waals surface area contributed by atoms with Crippen molar-refractivity contribution in [1.29, 1.82) is 0 Å². The number of ether oxygens (including phenoxy) is 2. The quantitative estimate of drug-likeness (QED) is 0.668. The summed E-state index contributed by atoms with van der Waals surface area (Å²) in [5.41, 5.74) is 0.929. The highest BCUT2D eigenvalue weighted by Crippen LogP contribution is 2.35. The van der Waals surface area contributed by atoms with E-state index in [9.17, 15) is 4.79 Å². The van der Waals surface area contributed by atoms with Crippen molar-refractivity contribution in [3.63, 3.8) is 0 Å². The molecule has 0 amide bonds. The lowest BCUT2D eigenvalue weighted by atomic mass is 10.2. The summed E-state index contributed by atoms with van der Waals surface area (Å²) in [6.07, 6.45) is 0.192. The summed E-state index contributed by atoms with van der Waals surface area (Å²) in [4.78, 5) is 10.5. The van der Waals surface area contributed by atoms with Gasteiger partial charge in [0.15, 0.2) is 23.9 Å². The van der Waals surface area contributed by atoms with Crippen molar-refractivity contribution in [3.05, 3.63) is 22.7 Å². The van der Waals surface area contributed by atoms with Crippen LogP contribution in [0, 0.1) is 6.92 Å². The maximum atomic E-state index is 10.5. The average molecular weight is 213 g/mol. The van der Waals surface area contributed by atoms with E-state index in [1.165, 1.54) is 0 Å². The smallest absolute Gasteiger partial charge is 0.187 e. The first-order chi connectivity index (χ1) is 6.70. The van der Waals surface area contributed by atoms with E-state index in [1.54, 1.807) is 12.1 Å². The first kappa shape index (κ1) is 9.34. The molecule has 14 heavy (non-hydrogen) atoms. The van der Waals surface area contributed by atoms with Crippen molar-refractivity contribution in [2.75, 3.05) is 6.61 Å². The van der Waals surface area contributed by atoms with Gasteiger partial charge in [-0.2, -0.15) is 0 Å². The van der Waals surface area contributed by atoms with Gasteiger partial charge in [-0.15, -0.1) is 0 Å².